The van der Waals surface area contributed by atoms with Crippen molar-refractivity contribution in [3.63, 3.8) is 0 Å². The first-order valence-electron chi connectivity index (χ1n) is 8.50. The average Bonchev–Trinajstić information content (AvgIpc) is 2.90. The highest BCUT2D eigenvalue weighted by atomic mass is 79.9. The summed E-state index contributed by atoms with van der Waals surface area (Å²) < 4.78 is 1.25. The molecule has 2 rings (SSSR count). The van der Waals surface area contributed by atoms with Gasteiger partial charge in [-0.15, -0.1) is 0 Å². The molecule has 1 aromatic carbocycles. The zero-order chi connectivity index (χ0) is 20.7. The van der Waals surface area contributed by atoms with Crippen molar-refractivity contribution in [3.8, 4) is 5.75 Å². The number of carboxylic acids is 1. The van der Waals surface area contributed by atoms with E-state index in [-0.39, 0.29) is 30.5 Å². The lowest BCUT2D eigenvalue weighted by atomic mass is 10.1. The fraction of sp³-hybridized carbons (Fsp3) is 0.333. The van der Waals surface area contributed by atoms with Crippen molar-refractivity contribution < 1.29 is 24.6 Å². The van der Waals surface area contributed by atoms with Crippen molar-refractivity contribution in [2.75, 3.05) is 13.1 Å². The van der Waals surface area contributed by atoms with E-state index in [0.717, 1.165) is 4.47 Å². The van der Waals surface area contributed by atoms with Gasteiger partial charge in [0.25, 0.3) is 5.91 Å². The highest BCUT2D eigenvalue weighted by Crippen LogP contribution is 2.34. The van der Waals surface area contributed by atoms with E-state index < -0.39 is 5.97 Å². The second-order valence-corrected chi connectivity index (χ2v) is 8.61. The van der Waals surface area contributed by atoms with Crippen LogP contribution in [-0.2, 0) is 14.4 Å². The number of carboxylic acid groups (broad SMARTS) is 1. The number of unbranched alkanes of at least 4 members (excludes halogenated alkanes) is 2. The van der Waals surface area contributed by atoms with Gasteiger partial charge in [-0.25, -0.2) is 0 Å². The molecule has 1 fully saturated rings. The lowest BCUT2D eigenvalue weighted by molar-refractivity contribution is -0.137. The predicted molar refractivity (Wildman–Crippen MR) is 115 cm³/mol. The Balaban J connectivity index is 1.82. The van der Waals surface area contributed by atoms with Crippen LogP contribution in [-0.4, -0.2) is 50.3 Å². The van der Waals surface area contributed by atoms with E-state index in [1.54, 1.807) is 24.3 Å². The molecule has 0 radical (unpaired) electrons. The Hall–Kier alpha value is -1.91. The molecule has 0 bridgehead atoms. The lowest BCUT2D eigenvalue weighted by Crippen LogP contribution is -2.29. The summed E-state index contributed by atoms with van der Waals surface area (Å²) in [5.74, 6) is -1.50. The summed E-state index contributed by atoms with van der Waals surface area (Å²) in [6, 6.07) is 4.97. The molecule has 0 saturated carbocycles. The summed E-state index contributed by atoms with van der Waals surface area (Å²) in [6.45, 7) is 0.0679. The highest BCUT2D eigenvalue weighted by Gasteiger charge is 2.31. The maximum atomic E-state index is 12.6. The minimum absolute atomic E-state index is 0.0784. The molecule has 0 aromatic heterocycles. The Kier molecular flexibility index (Phi) is 8.46. The first-order chi connectivity index (χ1) is 13.3. The predicted octanol–water partition coefficient (Wildman–Crippen LogP) is 3.12. The second-order valence-electron chi connectivity index (χ2n) is 6.02. The van der Waals surface area contributed by atoms with E-state index >= 15 is 0 Å². The normalized spacial score (nSPS) is 15.3. The van der Waals surface area contributed by atoms with E-state index in [9.17, 15) is 19.5 Å². The smallest absolute Gasteiger partial charge is 0.322 e. The van der Waals surface area contributed by atoms with Crippen LogP contribution in [0.2, 0.25) is 0 Å². The Morgan fingerprint density at radius 3 is 2.75 bits per heavy atom. The van der Waals surface area contributed by atoms with E-state index in [1.165, 1.54) is 16.7 Å². The molecule has 10 heteroatoms. The largest absolute Gasteiger partial charge is 0.507 e. The van der Waals surface area contributed by atoms with Crippen molar-refractivity contribution in [2.45, 2.75) is 25.7 Å². The van der Waals surface area contributed by atoms with Crippen LogP contribution in [0.4, 0.5) is 0 Å². The quantitative estimate of drug-likeness (QED) is 0.279. The number of nitrogens with zero attached hydrogens (tertiary/aromatic N) is 1. The van der Waals surface area contributed by atoms with Crippen LogP contribution >= 0.6 is 39.9 Å². The standard InChI is InChI=1S/C18H19BrN2O5S2/c19-12-5-6-13(22)11(8-12)9-14-17(26)21(18(27)28-14)7-3-1-2-4-15(23)20-10-16(24)25/h5-6,8-9,22H,1-4,7,10H2,(H,20,23)(H,24,25)/b14-9-. The van der Waals surface area contributed by atoms with Gasteiger partial charge in [0.15, 0.2) is 0 Å². The number of phenols is 1. The Bertz CT molecular complexity index is 828. The zero-order valence-electron chi connectivity index (χ0n) is 14.8. The maximum Gasteiger partial charge on any atom is 0.322 e. The van der Waals surface area contributed by atoms with Gasteiger partial charge in [-0.05, 0) is 37.1 Å². The number of thiocarbonyl (C=S) groups is 1. The number of aromatic hydroxyl groups is 1. The number of halogens is 1. The van der Waals surface area contributed by atoms with Crippen LogP contribution < -0.4 is 5.32 Å². The molecule has 0 aliphatic carbocycles. The highest BCUT2D eigenvalue weighted by molar-refractivity contribution is 9.10. The zero-order valence-corrected chi connectivity index (χ0v) is 18.0. The molecule has 28 heavy (non-hydrogen) atoms. The first-order valence-corrected chi connectivity index (χ1v) is 10.5. The minimum atomic E-state index is -1.08. The van der Waals surface area contributed by atoms with Gasteiger partial charge in [0.05, 0.1) is 4.91 Å². The molecule has 1 heterocycles. The SMILES string of the molecule is O=C(O)CNC(=O)CCCCCN1C(=O)/C(=C/c2cc(Br)ccc2O)SC1=S. The monoisotopic (exact) mass is 486 g/mol. The molecule has 1 aromatic rings. The van der Waals surface area contributed by atoms with Gasteiger partial charge in [-0.2, -0.15) is 0 Å². The lowest BCUT2D eigenvalue weighted by Gasteiger charge is -2.14. The molecule has 2 amide bonds. The van der Waals surface area contributed by atoms with Crippen molar-refractivity contribution in [2.24, 2.45) is 0 Å². The third-order valence-corrected chi connectivity index (χ3v) is 5.74. The number of aliphatic carboxylic acids is 1. The van der Waals surface area contributed by atoms with Crippen molar-refractivity contribution in [1.29, 1.82) is 0 Å². The number of amides is 2. The van der Waals surface area contributed by atoms with Crippen LogP contribution in [0, 0.1) is 0 Å². The van der Waals surface area contributed by atoms with E-state index in [1.807, 2.05) is 0 Å². The Morgan fingerprint density at radius 1 is 1.29 bits per heavy atom. The van der Waals surface area contributed by atoms with E-state index in [4.69, 9.17) is 17.3 Å². The van der Waals surface area contributed by atoms with Crippen LogP contribution in [0.5, 0.6) is 5.75 Å². The van der Waals surface area contributed by atoms with Crippen LogP contribution in [0.1, 0.15) is 31.2 Å². The fourth-order valence-corrected chi connectivity index (χ4v) is 4.15. The van der Waals surface area contributed by atoms with Crippen molar-refractivity contribution >= 4 is 68.1 Å². The van der Waals surface area contributed by atoms with Gasteiger partial charge in [-0.1, -0.05) is 46.3 Å². The van der Waals surface area contributed by atoms with E-state index in [0.29, 0.717) is 40.6 Å². The number of phenolic OH excluding ortho intramolecular Hbond substituents is 1. The maximum absolute atomic E-state index is 12.6. The Morgan fingerprint density at radius 2 is 2.04 bits per heavy atom. The fourth-order valence-electron chi connectivity index (χ4n) is 2.47. The van der Waals surface area contributed by atoms with Gasteiger partial charge < -0.3 is 15.5 Å². The number of carbonyl (C=O) groups excluding carboxylic acids is 2. The summed E-state index contributed by atoms with van der Waals surface area (Å²) in [5, 5.41) is 20.7. The van der Waals surface area contributed by atoms with E-state index in [2.05, 4.69) is 21.2 Å². The number of benzene rings is 1. The van der Waals surface area contributed by atoms with Gasteiger partial charge in [0.1, 0.15) is 16.6 Å². The number of nitrogens with one attached hydrogen (secondary N) is 1. The summed E-state index contributed by atoms with van der Waals surface area (Å²) >= 11 is 9.81. The van der Waals surface area contributed by atoms with Gasteiger partial charge >= 0.3 is 5.97 Å². The number of hydrogen-bond donors (Lipinski definition) is 3. The second kappa shape index (κ2) is 10.6. The van der Waals surface area contributed by atoms with Gasteiger partial charge in [0.2, 0.25) is 5.91 Å². The number of thioether (sulfide) groups is 1. The van der Waals surface area contributed by atoms with Crippen LogP contribution in [0.25, 0.3) is 6.08 Å². The molecule has 1 saturated heterocycles. The minimum Gasteiger partial charge on any atom is -0.507 e. The van der Waals surface area contributed by atoms with Crippen LogP contribution in [0.15, 0.2) is 27.6 Å². The molecule has 1 aliphatic heterocycles. The molecule has 0 spiro atoms. The molecular formula is C18H19BrN2O5S2. The number of hydrogen-bond acceptors (Lipinski definition) is 6. The molecule has 0 unspecified atom stereocenters. The molecule has 3 N–H and O–H groups in total. The topological polar surface area (TPSA) is 107 Å². The molecule has 7 nitrogen and oxygen atoms in total. The van der Waals surface area contributed by atoms with Crippen molar-refractivity contribution in [3.05, 3.63) is 33.1 Å². The average molecular weight is 487 g/mol. The Labute approximate surface area is 180 Å². The summed E-state index contributed by atoms with van der Waals surface area (Å²) in [6.07, 6.45) is 3.85. The molecule has 0 atom stereocenters. The van der Waals surface area contributed by atoms with Crippen molar-refractivity contribution in [1.82, 2.24) is 10.2 Å². The first kappa shape index (κ1) is 22.4. The third-order valence-electron chi connectivity index (χ3n) is 3.87. The molecule has 150 valence electrons. The third kappa shape index (κ3) is 6.61. The van der Waals surface area contributed by atoms with Crippen LogP contribution in [0.3, 0.4) is 0 Å². The summed E-state index contributed by atoms with van der Waals surface area (Å²) in [4.78, 5) is 36.4. The summed E-state index contributed by atoms with van der Waals surface area (Å²) in [7, 11) is 0. The molecule has 1 aliphatic rings. The number of rotatable bonds is 9. The summed E-state index contributed by atoms with van der Waals surface area (Å²) in [5.41, 5.74) is 0.530. The van der Waals surface area contributed by atoms with Gasteiger partial charge in [0, 0.05) is 23.0 Å². The number of carbonyl (C=O) groups is 3. The van der Waals surface area contributed by atoms with Gasteiger partial charge in [-0.3, -0.25) is 19.3 Å². The molecular weight excluding hydrogens is 468 g/mol.